The van der Waals surface area contributed by atoms with E-state index in [1.165, 1.54) is 0 Å². The first kappa shape index (κ1) is 18.9. The molecule has 0 aromatic heterocycles. The van der Waals surface area contributed by atoms with Crippen LogP contribution in [0.3, 0.4) is 0 Å². The first-order valence-electron chi connectivity index (χ1n) is 6.91. The van der Waals surface area contributed by atoms with Crippen molar-refractivity contribution in [1.82, 2.24) is 10.6 Å². The van der Waals surface area contributed by atoms with Gasteiger partial charge in [0.15, 0.2) is 0 Å². The van der Waals surface area contributed by atoms with E-state index in [4.69, 9.17) is 10.8 Å². The molecule has 0 unspecified atom stereocenters. The number of hydrogen-bond acceptors (Lipinski definition) is 3. The van der Waals surface area contributed by atoms with Crippen LogP contribution in [0.25, 0.3) is 0 Å². The summed E-state index contributed by atoms with van der Waals surface area (Å²) in [6, 6.07) is -0.551. The molecule has 0 spiro atoms. The second-order valence-electron chi connectivity index (χ2n) is 4.62. The molecule has 0 saturated heterocycles. The van der Waals surface area contributed by atoms with E-state index in [2.05, 4.69) is 17.2 Å². The van der Waals surface area contributed by atoms with Crippen LogP contribution in [0.4, 0.5) is 4.79 Å². The smallest absolute Gasteiger partial charge is 0.312 e. The lowest BCUT2D eigenvalue weighted by atomic mass is 10.0. The first-order chi connectivity index (χ1) is 10.0. The molecule has 0 aliphatic heterocycles. The Balaban J connectivity index is 3.92. The van der Waals surface area contributed by atoms with Gasteiger partial charge in [-0.1, -0.05) is 37.8 Å². The maximum Gasteiger partial charge on any atom is 0.312 e. The van der Waals surface area contributed by atoms with Crippen molar-refractivity contribution in [3.8, 4) is 0 Å². The number of aliphatic hydroxyl groups excluding tert-OH is 1. The maximum atomic E-state index is 11.8. The monoisotopic (exact) mass is 295 g/mol. The minimum absolute atomic E-state index is 0.0445. The van der Waals surface area contributed by atoms with Crippen molar-refractivity contribution in [1.29, 1.82) is 0 Å². The van der Waals surface area contributed by atoms with Crippen molar-refractivity contribution in [3.05, 3.63) is 36.5 Å². The highest BCUT2D eigenvalue weighted by Gasteiger charge is 2.11. The van der Waals surface area contributed by atoms with Crippen LogP contribution in [0, 0.1) is 5.92 Å². The summed E-state index contributed by atoms with van der Waals surface area (Å²) in [6.07, 6.45) is 8.18. The molecule has 0 saturated carbocycles. The van der Waals surface area contributed by atoms with Gasteiger partial charge in [0.1, 0.15) is 0 Å². The predicted molar refractivity (Wildman–Crippen MR) is 83.5 cm³/mol. The van der Waals surface area contributed by atoms with Crippen LogP contribution in [0.2, 0.25) is 0 Å². The highest BCUT2D eigenvalue weighted by atomic mass is 16.3. The van der Waals surface area contributed by atoms with Crippen molar-refractivity contribution >= 4 is 11.9 Å². The molecule has 0 heterocycles. The molecule has 5 N–H and O–H groups in total. The number of primary amides is 1. The number of allylic oxidation sites excluding steroid dienone is 2. The molecule has 6 nitrogen and oxygen atoms in total. The van der Waals surface area contributed by atoms with E-state index >= 15 is 0 Å². The molecule has 21 heavy (non-hydrogen) atoms. The van der Waals surface area contributed by atoms with Gasteiger partial charge in [0.2, 0.25) is 5.91 Å². The van der Waals surface area contributed by atoms with Gasteiger partial charge >= 0.3 is 6.03 Å². The lowest BCUT2D eigenvalue weighted by molar-refractivity contribution is -0.124. The number of rotatable bonds is 10. The Kier molecular flexibility index (Phi) is 10.6. The van der Waals surface area contributed by atoms with E-state index in [0.717, 1.165) is 5.57 Å². The van der Waals surface area contributed by atoms with E-state index in [0.29, 0.717) is 25.9 Å². The average Bonchev–Trinajstić information content (AvgIpc) is 2.46. The van der Waals surface area contributed by atoms with Crippen LogP contribution in [0.5, 0.6) is 0 Å². The summed E-state index contributed by atoms with van der Waals surface area (Å²) < 4.78 is 0. The van der Waals surface area contributed by atoms with Gasteiger partial charge in [0, 0.05) is 19.0 Å². The molecule has 6 heteroatoms. The summed E-state index contributed by atoms with van der Waals surface area (Å²) in [5.74, 6) is -0.175. The maximum absolute atomic E-state index is 11.8. The fraction of sp³-hybridized carbons (Fsp3) is 0.467. The van der Waals surface area contributed by atoms with Gasteiger partial charge in [-0.3, -0.25) is 4.79 Å². The Hall–Kier alpha value is -2.08. The Morgan fingerprint density at radius 2 is 2.10 bits per heavy atom. The van der Waals surface area contributed by atoms with Gasteiger partial charge in [-0.2, -0.15) is 0 Å². The third kappa shape index (κ3) is 10.4. The molecule has 0 bridgehead atoms. The molecule has 0 aromatic rings. The largest absolute Gasteiger partial charge is 0.392 e. The second kappa shape index (κ2) is 11.7. The summed E-state index contributed by atoms with van der Waals surface area (Å²) in [7, 11) is 0. The fourth-order valence-corrected chi connectivity index (χ4v) is 1.61. The Morgan fingerprint density at radius 3 is 2.67 bits per heavy atom. The van der Waals surface area contributed by atoms with Crippen molar-refractivity contribution in [3.63, 3.8) is 0 Å². The topological polar surface area (TPSA) is 104 Å². The molecule has 0 rings (SSSR count). The predicted octanol–water partition coefficient (Wildman–Crippen LogP) is 0.848. The number of carbonyl (C=O) groups is 2. The average molecular weight is 295 g/mol. The van der Waals surface area contributed by atoms with E-state index in [-0.39, 0.29) is 18.4 Å². The Morgan fingerprint density at radius 1 is 1.38 bits per heavy atom. The fourth-order valence-electron chi connectivity index (χ4n) is 1.61. The van der Waals surface area contributed by atoms with Crippen LogP contribution in [-0.2, 0) is 4.79 Å². The zero-order chi connectivity index (χ0) is 16.1. The van der Waals surface area contributed by atoms with Crippen LogP contribution in [0.15, 0.2) is 36.5 Å². The number of amides is 3. The minimum atomic E-state index is -0.551. The van der Waals surface area contributed by atoms with Crippen molar-refractivity contribution in [2.75, 3.05) is 19.7 Å². The normalized spacial score (nSPS) is 13.0. The second-order valence-corrected chi connectivity index (χ2v) is 4.62. The number of hydrogen-bond donors (Lipinski definition) is 4. The number of aliphatic hydroxyl groups is 1. The van der Waals surface area contributed by atoms with Crippen LogP contribution >= 0.6 is 0 Å². The molecule has 0 aromatic carbocycles. The van der Waals surface area contributed by atoms with E-state index in [9.17, 15) is 9.59 Å². The van der Waals surface area contributed by atoms with Gasteiger partial charge in [-0.05, 0) is 18.4 Å². The van der Waals surface area contributed by atoms with Crippen molar-refractivity contribution in [2.45, 2.75) is 19.8 Å². The molecule has 0 aliphatic rings. The van der Waals surface area contributed by atoms with Crippen LogP contribution < -0.4 is 16.4 Å². The lowest BCUT2D eigenvalue weighted by Crippen LogP contribution is -2.32. The number of carbonyl (C=O) groups excluding carboxylic acids is 2. The minimum Gasteiger partial charge on any atom is -0.392 e. The zero-order valence-corrected chi connectivity index (χ0v) is 12.5. The molecular weight excluding hydrogens is 270 g/mol. The Labute approximate surface area is 125 Å². The summed E-state index contributed by atoms with van der Waals surface area (Å²) >= 11 is 0. The standard InChI is InChI=1S/C15H25N3O3/c1-3-6-13(11-19)8-5-9-17-14(20)12(2)7-4-10-18-15(16)21/h3,5-6,8,12,19H,1,4,7,9-11H2,2H3,(H,17,20)(H3,16,18,21)/b8-5-,13-6+/t12-/m0/s1. The van der Waals surface area contributed by atoms with E-state index in [1.54, 1.807) is 24.3 Å². The third-order valence-electron chi connectivity index (χ3n) is 2.80. The van der Waals surface area contributed by atoms with E-state index < -0.39 is 6.03 Å². The lowest BCUT2D eigenvalue weighted by Gasteiger charge is -2.11. The number of urea groups is 1. The van der Waals surface area contributed by atoms with Gasteiger partial charge in [0.05, 0.1) is 6.61 Å². The molecule has 1 atom stereocenters. The summed E-state index contributed by atoms with van der Waals surface area (Å²) in [5.41, 5.74) is 5.67. The molecule has 118 valence electrons. The summed E-state index contributed by atoms with van der Waals surface area (Å²) in [6.45, 7) is 6.18. The number of nitrogens with two attached hydrogens (primary N) is 1. The molecule has 3 amide bonds. The van der Waals surface area contributed by atoms with Crippen molar-refractivity contribution in [2.24, 2.45) is 11.7 Å². The van der Waals surface area contributed by atoms with Gasteiger partial charge in [-0.15, -0.1) is 0 Å². The summed E-state index contributed by atoms with van der Waals surface area (Å²) in [5, 5.41) is 14.3. The molecular formula is C15H25N3O3. The SMILES string of the molecule is C=C/C=C(\C=C/CNC(=O)[C@@H](C)CCCNC(N)=O)CO. The highest BCUT2D eigenvalue weighted by Crippen LogP contribution is 2.04. The highest BCUT2D eigenvalue weighted by molar-refractivity contribution is 5.78. The van der Waals surface area contributed by atoms with Crippen LogP contribution in [0.1, 0.15) is 19.8 Å². The Bertz CT molecular complexity index is 403. The van der Waals surface area contributed by atoms with Gasteiger partial charge in [-0.25, -0.2) is 4.79 Å². The van der Waals surface area contributed by atoms with Gasteiger partial charge in [0.25, 0.3) is 0 Å². The quantitative estimate of drug-likeness (QED) is 0.355. The zero-order valence-electron chi connectivity index (χ0n) is 12.5. The van der Waals surface area contributed by atoms with Gasteiger partial charge < -0.3 is 21.5 Å². The third-order valence-corrected chi connectivity index (χ3v) is 2.80. The summed E-state index contributed by atoms with van der Waals surface area (Å²) in [4.78, 5) is 22.2. The molecule has 0 fully saturated rings. The van der Waals surface area contributed by atoms with Crippen molar-refractivity contribution < 1.29 is 14.7 Å². The molecule has 0 radical (unpaired) electrons. The number of nitrogens with one attached hydrogen (secondary N) is 2. The first-order valence-corrected chi connectivity index (χ1v) is 6.91. The van der Waals surface area contributed by atoms with Crippen LogP contribution in [-0.4, -0.2) is 36.7 Å². The molecule has 0 aliphatic carbocycles. The van der Waals surface area contributed by atoms with E-state index in [1.807, 2.05) is 6.92 Å².